The average Bonchev–Trinajstić information content (AvgIpc) is 2.99. The van der Waals surface area contributed by atoms with Crippen LogP contribution in [-0.4, -0.2) is 26.9 Å². The van der Waals surface area contributed by atoms with E-state index in [1.807, 2.05) is 13.8 Å². The first-order chi connectivity index (χ1) is 11.3. The van der Waals surface area contributed by atoms with Crippen molar-refractivity contribution >= 4 is 28.8 Å². The van der Waals surface area contributed by atoms with Gasteiger partial charge in [-0.05, 0) is 31.5 Å². The standard InChI is InChI=1S/C16H17F3N2O2S/c1-3-6-21-12-8-10(16(17,18)19)4-5-11(12)20-15(21)24-13-7-9(2)23-14(13)22/h4-5,8-9,13H,3,6-7H2,1-2H3. The molecule has 3 rings (SSSR count). The molecule has 0 bridgehead atoms. The molecule has 1 saturated heterocycles. The van der Waals surface area contributed by atoms with Gasteiger partial charge in [0.1, 0.15) is 11.4 Å². The van der Waals surface area contributed by atoms with E-state index in [4.69, 9.17) is 4.74 Å². The summed E-state index contributed by atoms with van der Waals surface area (Å²) in [5.41, 5.74) is 0.240. The van der Waals surface area contributed by atoms with E-state index in [9.17, 15) is 18.0 Å². The number of thioether (sulfide) groups is 1. The van der Waals surface area contributed by atoms with Crippen LogP contribution < -0.4 is 0 Å². The number of rotatable bonds is 4. The molecular formula is C16H17F3N2O2S. The molecule has 2 aromatic rings. The Morgan fingerprint density at radius 3 is 2.75 bits per heavy atom. The van der Waals surface area contributed by atoms with Gasteiger partial charge in [0, 0.05) is 13.0 Å². The Bertz CT molecular complexity index is 773. The number of cyclic esters (lactones) is 1. The van der Waals surface area contributed by atoms with E-state index in [0.29, 0.717) is 29.2 Å². The normalized spacial score (nSPS) is 21.5. The minimum absolute atomic E-state index is 0.143. The molecule has 0 spiro atoms. The van der Waals surface area contributed by atoms with Crippen LogP contribution in [0.3, 0.4) is 0 Å². The van der Waals surface area contributed by atoms with Crippen molar-refractivity contribution in [1.82, 2.24) is 9.55 Å². The molecule has 2 atom stereocenters. The van der Waals surface area contributed by atoms with Crippen LogP contribution >= 0.6 is 11.8 Å². The highest BCUT2D eigenvalue weighted by Crippen LogP contribution is 2.36. The lowest BCUT2D eigenvalue weighted by molar-refractivity contribution is -0.140. The first-order valence-corrected chi connectivity index (χ1v) is 8.62. The maximum Gasteiger partial charge on any atom is 0.416 e. The number of ether oxygens (including phenoxy) is 1. The van der Waals surface area contributed by atoms with Crippen LogP contribution in [-0.2, 0) is 22.3 Å². The van der Waals surface area contributed by atoms with E-state index < -0.39 is 11.7 Å². The van der Waals surface area contributed by atoms with Crippen LogP contribution in [0.5, 0.6) is 0 Å². The summed E-state index contributed by atoms with van der Waals surface area (Å²) in [6.07, 6.45) is -3.21. The highest BCUT2D eigenvalue weighted by atomic mass is 32.2. The van der Waals surface area contributed by atoms with E-state index in [0.717, 1.165) is 18.6 Å². The van der Waals surface area contributed by atoms with Gasteiger partial charge < -0.3 is 9.30 Å². The van der Waals surface area contributed by atoms with Crippen molar-refractivity contribution in [3.05, 3.63) is 23.8 Å². The molecule has 0 N–H and O–H groups in total. The summed E-state index contributed by atoms with van der Waals surface area (Å²) in [7, 11) is 0. The number of fused-ring (bicyclic) bond motifs is 1. The molecule has 1 aliphatic rings. The molecule has 2 heterocycles. The lowest BCUT2D eigenvalue weighted by Crippen LogP contribution is -2.11. The summed E-state index contributed by atoms with van der Waals surface area (Å²) in [6.45, 7) is 4.31. The fourth-order valence-electron chi connectivity index (χ4n) is 2.75. The van der Waals surface area contributed by atoms with Gasteiger partial charge in [0.25, 0.3) is 0 Å². The van der Waals surface area contributed by atoms with E-state index >= 15 is 0 Å². The van der Waals surface area contributed by atoms with Crippen molar-refractivity contribution in [2.45, 2.75) is 55.9 Å². The molecule has 1 fully saturated rings. The van der Waals surface area contributed by atoms with Crippen LogP contribution in [0.15, 0.2) is 23.4 Å². The molecule has 8 heteroatoms. The van der Waals surface area contributed by atoms with Gasteiger partial charge in [-0.25, -0.2) is 4.98 Å². The van der Waals surface area contributed by atoms with Crippen LogP contribution in [0.25, 0.3) is 11.0 Å². The molecule has 1 aromatic carbocycles. The monoisotopic (exact) mass is 358 g/mol. The lowest BCUT2D eigenvalue weighted by atomic mass is 10.2. The second-order valence-electron chi connectivity index (χ2n) is 5.84. The molecule has 1 aliphatic heterocycles. The Hall–Kier alpha value is -1.70. The van der Waals surface area contributed by atoms with Crippen molar-refractivity contribution in [1.29, 1.82) is 0 Å². The number of hydrogen-bond acceptors (Lipinski definition) is 4. The third-order valence-electron chi connectivity index (χ3n) is 3.86. The average molecular weight is 358 g/mol. The van der Waals surface area contributed by atoms with E-state index in [1.54, 1.807) is 4.57 Å². The third kappa shape index (κ3) is 3.24. The molecule has 24 heavy (non-hydrogen) atoms. The number of halogens is 3. The topological polar surface area (TPSA) is 44.1 Å². The molecule has 0 amide bonds. The van der Waals surface area contributed by atoms with Crippen molar-refractivity contribution in [3.63, 3.8) is 0 Å². The van der Waals surface area contributed by atoms with Gasteiger partial charge in [-0.3, -0.25) is 4.79 Å². The maximum atomic E-state index is 13.0. The maximum absolute atomic E-state index is 13.0. The second-order valence-corrected chi connectivity index (χ2v) is 7.01. The predicted molar refractivity (Wildman–Crippen MR) is 84.8 cm³/mol. The summed E-state index contributed by atoms with van der Waals surface area (Å²) in [5, 5.41) is 0.191. The Balaban J connectivity index is 2.01. The summed E-state index contributed by atoms with van der Waals surface area (Å²) >= 11 is 1.26. The smallest absolute Gasteiger partial charge is 0.416 e. The Morgan fingerprint density at radius 1 is 1.42 bits per heavy atom. The first-order valence-electron chi connectivity index (χ1n) is 7.74. The van der Waals surface area contributed by atoms with Crippen LogP contribution in [0.4, 0.5) is 13.2 Å². The van der Waals surface area contributed by atoms with Crippen LogP contribution in [0, 0.1) is 0 Å². The zero-order valence-electron chi connectivity index (χ0n) is 13.3. The van der Waals surface area contributed by atoms with Crippen molar-refractivity contribution in [2.24, 2.45) is 0 Å². The highest BCUT2D eigenvalue weighted by Gasteiger charge is 2.35. The van der Waals surface area contributed by atoms with Crippen LogP contribution in [0.1, 0.15) is 32.3 Å². The van der Waals surface area contributed by atoms with Crippen molar-refractivity contribution in [3.8, 4) is 0 Å². The summed E-state index contributed by atoms with van der Waals surface area (Å²) in [5.74, 6) is -0.293. The minimum Gasteiger partial charge on any atom is -0.462 e. The SMILES string of the molecule is CCCn1c(SC2CC(C)OC2=O)nc2ccc(C(F)(F)F)cc21. The number of aryl methyl sites for hydroxylation is 1. The van der Waals surface area contributed by atoms with E-state index in [1.165, 1.54) is 17.8 Å². The number of carbonyl (C=O) groups is 1. The Kier molecular flexibility index (Phi) is 4.50. The van der Waals surface area contributed by atoms with Crippen molar-refractivity contribution < 1.29 is 22.7 Å². The lowest BCUT2D eigenvalue weighted by Gasteiger charge is -2.10. The fourth-order valence-corrected chi connectivity index (χ4v) is 3.99. The number of carbonyl (C=O) groups excluding carboxylic acids is 1. The summed E-state index contributed by atoms with van der Waals surface area (Å²) < 4.78 is 45.8. The van der Waals surface area contributed by atoms with Gasteiger partial charge in [0.2, 0.25) is 0 Å². The molecular weight excluding hydrogens is 341 g/mol. The zero-order chi connectivity index (χ0) is 17.5. The number of hydrogen-bond donors (Lipinski definition) is 0. The number of imidazole rings is 1. The fraction of sp³-hybridized carbons (Fsp3) is 0.500. The zero-order valence-corrected chi connectivity index (χ0v) is 14.1. The van der Waals surface area contributed by atoms with E-state index in [2.05, 4.69) is 4.98 Å². The van der Waals surface area contributed by atoms with Gasteiger partial charge in [-0.1, -0.05) is 18.7 Å². The Labute approximate surface area is 141 Å². The molecule has 0 radical (unpaired) electrons. The van der Waals surface area contributed by atoms with Crippen LogP contribution in [0.2, 0.25) is 0 Å². The molecule has 1 aromatic heterocycles. The molecule has 0 saturated carbocycles. The number of nitrogens with zero attached hydrogens (tertiary/aromatic N) is 2. The number of alkyl halides is 3. The predicted octanol–water partition coefficient (Wildman–Crippen LogP) is 4.26. The third-order valence-corrected chi connectivity index (χ3v) is 5.05. The summed E-state index contributed by atoms with van der Waals surface area (Å²) in [6, 6.07) is 3.54. The number of aromatic nitrogens is 2. The van der Waals surface area contributed by atoms with Crippen molar-refractivity contribution in [2.75, 3.05) is 0 Å². The van der Waals surface area contributed by atoms with Gasteiger partial charge in [0.05, 0.1) is 16.6 Å². The second kappa shape index (κ2) is 6.31. The van der Waals surface area contributed by atoms with E-state index in [-0.39, 0.29) is 17.3 Å². The quantitative estimate of drug-likeness (QED) is 0.766. The van der Waals surface area contributed by atoms with Gasteiger partial charge >= 0.3 is 12.1 Å². The summed E-state index contributed by atoms with van der Waals surface area (Å²) in [4.78, 5) is 16.3. The largest absolute Gasteiger partial charge is 0.462 e. The molecule has 130 valence electrons. The molecule has 4 nitrogen and oxygen atoms in total. The number of benzene rings is 1. The number of esters is 1. The first kappa shape index (κ1) is 17.1. The molecule has 2 unspecified atom stereocenters. The minimum atomic E-state index is -4.40. The van der Waals surface area contributed by atoms with Gasteiger partial charge in [-0.15, -0.1) is 0 Å². The molecule has 0 aliphatic carbocycles. The Morgan fingerprint density at radius 2 is 2.17 bits per heavy atom. The van der Waals surface area contributed by atoms with Gasteiger partial charge in [-0.2, -0.15) is 13.2 Å². The van der Waals surface area contributed by atoms with Gasteiger partial charge in [0.15, 0.2) is 5.16 Å². The highest BCUT2D eigenvalue weighted by molar-refractivity contribution is 8.00.